The van der Waals surface area contributed by atoms with E-state index in [-0.39, 0.29) is 5.75 Å². The number of nitrogens with zero attached hydrogens (tertiary/aromatic N) is 1. The van der Waals surface area contributed by atoms with Gasteiger partial charge in [-0.05, 0) is 24.3 Å². The molecule has 0 saturated carbocycles. The Hall–Kier alpha value is -2.16. The molecular formula is C13H10FNO. The molecule has 2 rings (SSSR count). The van der Waals surface area contributed by atoms with Crippen molar-refractivity contribution >= 4 is 11.9 Å². The summed E-state index contributed by atoms with van der Waals surface area (Å²) in [4.78, 5) is 4.13. The molecule has 2 nitrogen and oxygen atoms in total. The van der Waals surface area contributed by atoms with Crippen molar-refractivity contribution in [3.8, 4) is 5.75 Å². The molecule has 0 amide bonds. The summed E-state index contributed by atoms with van der Waals surface area (Å²) in [5, 5.41) is 9.41. The molecule has 2 aromatic carbocycles. The van der Waals surface area contributed by atoms with Gasteiger partial charge in [0.15, 0.2) is 11.6 Å². The van der Waals surface area contributed by atoms with Crippen LogP contribution in [0.5, 0.6) is 5.75 Å². The zero-order chi connectivity index (χ0) is 11.4. The Balaban J connectivity index is 2.28. The fourth-order valence-electron chi connectivity index (χ4n) is 1.29. The van der Waals surface area contributed by atoms with Crippen LogP contribution in [-0.4, -0.2) is 11.3 Å². The Bertz CT molecular complexity index is 509. The van der Waals surface area contributed by atoms with Gasteiger partial charge in [-0.25, -0.2) is 4.39 Å². The van der Waals surface area contributed by atoms with Crippen LogP contribution in [0.4, 0.5) is 10.1 Å². The third-order valence-corrected chi connectivity index (χ3v) is 2.13. The highest BCUT2D eigenvalue weighted by Crippen LogP contribution is 2.19. The number of hydrogen-bond acceptors (Lipinski definition) is 2. The molecule has 0 saturated heterocycles. The Kier molecular flexibility index (Phi) is 2.96. The van der Waals surface area contributed by atoms with Crippen LogP contribution in [0, 0.1) is 5.82 Å². The van der Waals surface area contributed by atoms with Gasteiger partial charge in [-0.3, -0.25) is 4.99 Å². The highest BCUT2D eigenvalue weighted by molar-refractivity contribution is 5.85. The van der Waals surface area contributed by atoms with E-state index in [0.717, 1.165) is 5.69 Å². The molecule has 0 atom stereocenters. The molecule has 0 aliphatic carbocycles. The summed E-state index contributed by atoms with van der Waals surface area (Å²) in [7, 11) is 0. The molecule has 16 heavy (non-hydrogen) atoms. The second-order valence-corrected chi connectivity index (χ2v) is 3.27. The Morgan fingerprint density at radius 2 is 1.75 bits per heavy atom. The number of hydrogen-bond donors (Lipinski definition) is 1. The van der Waals surface area contributed by atoms with Crippen molar-refractivity contribution in [2.75, 3.05) is 0 Å². The molecule has 0 fully saturated rings. The van der Waals surface area contributed by atoms with Gasteiger partial charge in [0.05, 0.1) is 5.69 Å². The zero-order valence-electron chi connectivity index (χ0n) is 8.47. The van der Waals surface area contributed by atoms with Crippen molar-refractivity contribution < 1.29 is 9.50 Å². The number of phenolic OH excluding ortho intramolecular Hbond substituents is 1. The quantitative estimate of drug-likeness (QED) is 0.766. The molecule has 0 spiro atoms. The largest absolute Gasteiger partial charge is 0.504 e. The summed E-state index contributed by atoms with van der Waals surface area (Å²) in [6, 6.07) is 13.6. The maximum absolute atomic E-state index is 13.0. The van der Waals surface area contributed by atoms with E-state index < -0.39 is 5.82 Å². The van der Waals surface area contributed by atoms with Crippen LogP contribution >= 0.6 is 0 Å². The van der Waals surface area contributed by atoms with Crippen molar-refractivity contribution in [3.05, 3.63) is 59.9 Å². The van der Waals surface area contributed by atoms with Crippen LogP contribution in [0.1, 0.15) is 5.56 Å². The van der Waals surface area contributed by atoms with Gasteiger partial charge in [-0.2, -0.15) is 0 Å². The molecule has 2 aromatic rings. The van der Waals surface area contributed by atoms with E-state index in [1.54, 1.807) is 6.07 Å². The third-order valence-electron chi connectivity index (χ3n) is 2.13. The number of benzene rings is 2. The number of aliphatic imine (C=N–C) groups is 1. The average Bonchev–Trinajstić information content (AvgIpc) is 2.32. The van der Waals surface area contributed by atoms with Crippen LogP contribution in [-0.2, 0) is 0 Å². The summed E-state index contributed by atoms with van der Waals surface area (Å²) in [6.45, 7) is 0. The van der Waals surface area contributed by atoms with E-state index in [4.69, 9.17) is 0 Å². The van der Waals surface area contributed by atoms with Crippen molar-refractivity contribution in [2.45, 2.75) is 0 Å². The standard InChI is InChI=1S/C13H10FNO/c14-12-8-4-5-10(13(12)16)9-15-11-6-2-1-3-7-11/h1-9,16H. The molecule has 0 bridgehead atoms. The van der Waals surface area contributed by atoms with Gasteiger partial charge in [0.1, 0.15) is 0 Å². The Labute approximate surface area is 92.7 Å². The van der Waals surface area contributed by atoms with E-state index in [1.165, 1.54) is 18.3 Å². The Morgan fingerprint density at radius 3 is 2.50 bits per heavy atom. The van der Waals surface area contributed by atoms with Crippen LogP contribution in [0.25, 0.3) is 0 Å². The zero-order valence-corrected chi connectivity index (χ0v) is 8.47. The van der Waals surface area contributed by atoms with Gasteiger partial charge in [-0.1, -0.05) is 24.3 Å². The van der Waals surface area contributed by atoms with Crippen molar-refractivity contribution in [3.63, 3.8) is 0 Å². The molecule has 0 unspecified atom stereocenters. The fraction of sp³-hybridized carbons (Fsp3) is 0. The minimum absolute atomic E-state index is 0.365. The Morgan fingerprint density at radius 1 is 1.00 bits per heavy atom. The number of para-hydroxylation sites is 2. The van der Waals surface area contributed by atoms with Crippen LogP contribution < -0.4 is 0 Å². The third kappa shape index (κ3) is 2.25. The monoisotopic (exact) mass is 215 g/mol. The van der Waals surface area contributed by atoms with Crippen LogP contribution in [0.3, 0.4) is 0 Å². The summed E-state index contributed by atoms with van der Waals surface area (Å²) < 4.78 is 13.0. The summed E-state index contributed by atoms with van der Waals surface area (Å²) >= 11 is 0. The highest BCUT2D eigenvalue weighted by Gasteiger charge is 2.03. The number of phenols is 1. The van der Waals surface area contributed by atoms with Gasteiger partial charge in [0.2, 0.25) is 0 Å². The summed E-state index contributed by atoms with van der Waals surface area (Å²) in [5.41, 5.74) is 1.12. The van der Waals surface area contributed by atoms with Gasteiger partial charge in [0, 0.05) is 11.8 Å². The second-order valence-electron chi connectivity index (χ2n) is 3.27. The topological polar surface area (TPSA) is 32.6 Å². The van der Waals surface area contributed by atoms with Gasteiger partial charge in [0.25, 0.3) is 0 Å². The predicted molar refractivity (Wildman–Crippen MR) is 61.8 cm³/mol. The molecule has 3 heteroatoms. The molecular weight excluding hydrogens is 205 g/mol. The first-order chi connectivity index (χ1) is 7.77. The molecule has 0 aliphatic rings. The van der Waals surface area contributed by atoms with Crippen LogP contribution in [0.15, 0.2) is 53.5 Å². The molecule has 80 valence electrons. The summed E-state index contributed by atoms with van der Waals surface area (Å²) in [5.74, 6) is -1.01. The van der Waals surface area contributed by atoms with E-state index in [2.05, 4.69) is 4.99 Å². The molecule has 0 aromatic heterocycles. The maximum Gasteiger partial charge on any atom is 0.165 e. The van der Waals surface area contributed by atoms with E-state index >= 15 is 0 Å². The smallest absolute Gasteiger partial charge is 0.165 e. The first-order valence-electron chi connectivity index (χ1n) is 4.84. The lowest BCUT2D eigenvalue weighted by Gasteiger charge is -1.98. The van der Waals surface area contributed by atoms with Crippen molar-refractivity contribution in [1.29, 1.82) is 0 Å². The van der Waals surface area contributed by atoms with Gasteiger partial charge in [-0.15, -0.1) is 0 Å². The molecule has 0 aliphatic heterocycles. The van der Waals surface area contributed by atoms with Crippen molar-refractivity contribution in [2.24, 2.45) is 4.99 Å². The predicted octanol–water partition coefficient (Wildman–Crippen LogP) is 3.28. The molecule has 1 N–H and O–H groups in total. The number of rotatable bonds is 2. The normalized spacial score (nSPS) is 10.8. The SMILES string of the molecule is Oc1c(F)cccc1C=Nc1ccccc1. The lowest BCUT2D eigenvalue weighted by molar-refractivity contribution is 0.431. The second kappa shape index (κ2) is 4.57. The first kappa shape index (κ1) is 10.4. The van der Waals surface area contributed by atoms with E-state index in [9.17, 15) is 9.50 Å². The average molecular weight is 215 g/mol. The summed E-state index contributed by atoms with van der Waals surface area (Å²) in [6.07, 6.45) is 1.44. The van der Waals surface area contributed by atoms with E-state index in [0.29, 0.717) is 5.56 Å². The first-order valence-corrected chi connectivity index (χ1v) is 4.84. The van der Waals surface area contributed by atoms with Crippen molar-refractivity contribution in [1.82, 2.24) is 0 Å². The minimum atomic E-state index is -0.642. The van der Waals surface area contributed by atoms with Crippen LogP contribution in [0.2, 0.25) is 0 Å². The molecule has 0 radical (unpaired) electrons. The molecule has 0 heterocycles. The van der Waals surface area contributed by atoms with Gasteiger partial charge < -0.3 is 5.11 Å². The number of halogens is 1. The number of aromatic hydroxyl groups is 1. The lowest BCUT2D eigenvalue weighted by Crippen LogP contribution is -1.85. The van der Waals surface area contributed by atoms with E-state index in [1.807, 2.05) is 30.3 Å². The minimum Gasteiger partial charge on any atom is -0.504 e. The lowest BCUT2D eigenvalue weighted by atomic mass is 10.2. The van der Waals surface area contributed by atoms with Gasteiger partial charge >= 0.3 is 0 Å². The highest BCUT2D eigenvalue weighted by atomic mass is 19.1. The fourth-order valence-corrected chi connectivity index (χ4v) is 1.29. The maximum atomic E-state index is 13.0.